The summed E-state index contributed by atoms with van der Waals surface area (Å²) in [6.07, 6.45) is 1.53. The quantitative estimate of drug-likeness (QED) is 0.585. The van der Waals surface area contributed by atoms with Crippen LogP contribution in [0.5, 0.6) is 0 Å². The fourth-order valence-corrected chi connectivity index (χ4v) is 1.07. The molecule has 0 radical (unpaired) electrons. The summed E-state index contributed by atoms with van der Waals surface area (Å²) >= 11 is 11.3. The lowest BCUT2D eigenvalue weighted by Crippen LogP contribution is -1.87. The molecule has 4 heteroatoms. The summed E-state index contributed by atoms with van der Waals surface area (Å²) in [6, 6.07) is 1.88. The summed E-state index contributed by atoms with van der Waals surface area (Å²) in [5, 5.41) is 9.10. The zero-order chi connectivity index (χ0) is 8.43. The van der Waals surface area contributed by atoms with E-state index in [-0.39, 0.29) is 10.7 Å². The third kappa shape index (κ3) is 1.45. The molecule has 0 aliphatic carbocycles. The molecule has 56 valence electrons. The fourth-order valence-electron chi connectivity index (χ4n) is 0.658. The van der Waals surface area contributed by atoms with Crippen LogP contribution in [0.25, 0.3) is 0 Å². The number of aromatic nitrogens is 1. The average molecular weight is 187 g/mol. The van der Waals surface area contributed by atoms with Crippen molar-refractivity contribution in [1.29, 1.82) is 5.26 Å². The maximum atomic E-state index is 8.56. The van der Waals surface area contributed by atoms with Crippen molar-refractivity contribution >= 4 is 23.2 Å². The number of aryl methyl sites for hydroxylation is 1. The fraction of sp³-hybridized carbons (Fsp3) is 0.143. The average Bonchev–Trinajstić information content (AvgIpc) is 1.99. The van der Waals surface area contributed by atoms with E-state index >= 15 is 0 Å². The second-order valence-corrected chi connectivity index (χ2v) is 2.77. The standard InChI is InChI=1S/C7H4Cl2N2/c1-4-3-11-7(9)5(2-10)6(4)8/h3H,1H3. The molecule has 0 unspecified atom stereocenters. The van der Waals surface area contributed by atoms with E-state index in [4.69, 9.17) is 28.5 Å². The van der Waals surface area contributed by atoms with Gasteiger partial charge in [-0.25, -0.2) is 4.98 Å². The van der Waals surface area contributed by atoms with Crippen LogP contribution in [0.2, 0.25) is 10.2 Å². The lowest BCUT2D eigenvalue weighted by molar-refractivity contribution is 1.25. The SMILES string of the molecule is Cc1cnc(Cl)c(C#N)c1Cl. The molecule has 0 N–H and O–H groups in total. The lowest BCUT2D eigenvalue weighted by atomic mass is 10.2. The Kier molecular flexibility index (Phi) is 2.33. The molecule has 0 aliphatic rings. The van der Waals surface area contributed by atoms with Crippen LogP contribution < -0.4 is 0 Å². The Balaban J connectivity index is 3.44. The Morgan fingerprint density at radius 1 is 1.55 bits per heavy atom. The van der Waals surface area contributed by atoms with Gasteiger partial charge < -0.3 is 0 Å². The Hall–Kier alpha value is -0.780. The molecule has 0 atom stereocenters. The second kappa shape index (κ2) is 3.08. The van der Waals surface area contributed by atoms with Crippen molar-refractivity contribution in [3.8, 4) is 6.07 Å². The van der Waals surface area contributed by atoms with Gasteiger partial charge in [0.15, 0.2) is 0 Å². The highest BCUT2D eigenvalue weighted by atomic mass is 35.5. The van der Waals surface area contributed by atoms with Gasteiger partial charge in [-0.2, -0.15) is 5.26 Å². The molecule has 0 spiro atoms. The van der Waals surface area contributed by atoms with E-state index < -0.39 is 0 Å². The maximum Gasteiger partial charge on any atom is 0.148 e. The minimum Gasteiger partial charge on any atom is -0.243 e. The van der Waals surface area contributed by atoms with Gasteiger partial charge in [-0.15, -0.1) is 0 Å². The van der Waals surface area contributed by atoms with Gasteiger partial charge in [0.05, 0.1) is 5.02 Å². The number of nitriles is 1. The molecule has 0 aliphatic heterocycles. The zero-order valence-corrected chi connectivity index (χ0v) is 7.24. The van der Waals surface area contributed by atoms with Gasteiger partial charge in [0, 0.05) is 6.20 Å². The molecule has 1 rings (SSSR count). The van der Waals surface area contributed by atoms with Gasteiger partial charge in [0.2, 0.25) is 0 Å². The largest absolute Gasteiger partial charge is 0.243 e. The number of nitrogens with zero attached hydrogens (tertiary/aromatic N) is 2. The summed E-state index contributed by atoms with van der Waals surface area (Å²) in [6.45, 7) is 1.77. The van der Waals surface area contributed by atoms with E-state index in [0.29, 0.717) is 5.02 Å². The highest BCUT2D eigenvalue weighted by Gasteiger charge is 2.07. The molecule has 0 fully saturated rings. The van der Waals surface area contributed by atoms with Gasteiger partial charge in [0.25, 0.3) is 0 Å². The number of rotatable bonds is 0. The third-order valence-electron chi connectivity index (χ3n) is 1.26. The molecule has 1 aromatic heterocycles. The molecular weight excluding hydrogens is 183 g/mol. The van der Waals surface area contributed by atoms with E-state index in [1.807, 2.05) is 6.07 Å². The van der Waals surface area contributed by atoms with Crippen LogP contribution in [0.4, 0.5) is 0 Å². The van der Waals surface area contributed by atoms with Crippen LogP contribution in [0, 0.1) is 18.3 Å². The van der Waals surface area contributed by atoms with Crippen molar-refractivity contribution in [2.24, 2.45) is 0 Å². The molecule has 11 heavy (non-hydrogen) atoms. The van der Waals surface area contributed by atoms with Crippen LogP contribution >= 0.6 is 23.2 Å². The van der Waals surface area contributed by atoms with E-state index in [1.165, 1.54) is 6.20 Å². The Bertz CT molecular complexity index is 328. The first kappa shape index (κ1) is 8.32. The smallest absolute Gasteiger partial charge is 0.148 e. The van der Waals surface area contributed by atoms with Crippen LogP contribution in [-0.4, -0.2) is 4.98 Å². The number of pyridine rings is 1. The number of hydrogen-bond donors (Lipinski definition) is 0. The second-order valence-electron chi connectivity index (χ2n) is 2.03. The summed E-state index contributed by atoms with van der Waals surface area (Å²) in [5.74, 6) is 0. The van der Waals surface area contributed by atoms with Crippen molar-refractivity contribution < 1.29 is 0 Å². The van der Waals surface area contributed by atoms with Gasteiger partial charge in [0.1, 0.15) is 16.8 Å². The summed E-state index contributed by atoms with van der Waals surface area (Å²) in [5.41, 5.74) is 1.00. The predicted octanol–water partition coefficient (Wildman–Crippen LogP) is 2.57. The summed E-state index contributed by atoms with van der Waals surface area (Å²) in [7, 11) is 0. The Labute approximate surface area is 74.4 Å². The Morgan fingerprint density at radius 3 is 2.64 bits per heavy atom. The predicted molar refractivity (Wildman–Crippen MR) is 43.7 cm³/mol. The van der Waals surface area contributed by atoms with Crippen LogP contribution in [0.3, 0.4) is 0 Å². The normalized spacial score (nSPS) is 9.27. The van der Waals surface area contributed by atoms with Gasteiger partial charge in [-0.1, -0.05) is 23.2 Å². The van der Waals surface area contributed by atoms with Gasteiger partial charge >= 0.3 is 0 Å². The van der Waals surface area contributed by atoms with E-state index in [0.717, 1.165) is 5.56 Å². The van der Waals surface area contributed by atoms with Crippen molar-refractivity contribution in [3.05, 3.63) is 27.5 Å². The Morgan fingerprint density at radius 2 is 2.18 bits per heavy atom. The highest BCUT2D eigenvalue weighted by Crippen LogP contribution is 2.24. The monoisotopic (exact) mass is 186 g/mol. The summed E-state index contributed by atoms with van der Waals surface area (Å²) < 4.78 is 0. The van der Waals surface area contributed by atoms with E-state index in [2.05, 4.69) is 4.98 Å². The van der Waals surface area contributed by atoms with Crippen molar-refractivity contribution in [2.45, 2.75) is 6.92 Å². The zero-order valence-electron chi connectivity index (χ0n) is 5.73. The minimum atomic E-state index is 0.156. The number of hydrogen-bond acceptors (Lipinski definition) is 2. The first-order valence-corrected chi connectivity index (χ1v) is 3.63. The van der Waals surface area contributed by atoms with E-state index in [1.54, 1.807) is 6.92 Å². The summed E-state index contributed by atoms with van der Waals surface area (Å²) in [4.78, 5) is 3.77. The van der Waals surface area contributed by atoms with Crippen molar-refractivity contribution in [2.75, 3.05) is 0 Å². The topological polar surface area (TPSA) is 36.7 Å². The molecule has 0 saturated carbocycles. The molecule has 0 bridgehead atoms. The number of halogens is 2. The van der Waals surface area contributed by atoms with Crippen molar-refractivity contribution in [3.63, 3.8) is 0 Å². The molecule has 0 amide bonds. The molecule has 1 aromatic rings. The first-order chi connectivity index (χ1) is 5.16. The first-order valence-electron chi connectivity index (χ1n) is 2.87. The van der Waals surface area contributed by atoms with Gasteiger partial charge in [-0.05, 0) is 12.5 Å². The molecule has 1 heterocycles. The van der Waals surface area contributed by atoms with Crippen LogP contribution in [-0.2, 0) is 0 Å². The van der Waals surface area contributed by atoms with E-state index in [9.17, 15) is 0 Å². The maximum absolute atomic E-state index is 8.56. The van der Waals surface area contributed by atoms with Gasteiger partial charge in [-0.3, -0.25) is 0 Å². The molecule has 2 nitrogen and oxygen atoms in total. The minimum absolute atomic E-state index is 0.156. The molecule has 0 saturated heterocycles. The highest BCUT2D eigenvalue weighted by molar-refractivity contribution is 6.36. The van der Waals surface area contributed by atoms with Crippen LogP contribution in [0.15, 0.2) is 6.20 Å². The molecular formula is C7H4Cl2N2. The van der Waals surface area contributed by atoms with Crippen LogP contribution in [0.1, 0.15) is 11.1 Å². The van der Waals surface area contributed by atoms with Crippen molar-refractivity contribution in [1.82, 2.24) is 4.98 Å². The molecule has 0 aromatic carbocycles. The lowest BCUT2D eigenvalue weighted by Gasteiger charge is -1.99. The third-order valence-corrected chi connectivity index (χ3v) is 2.03.